The second-order valence-corrected chi connectivity index (χ2v) is 5.41. The van der Waals surface area contributed by atoms with Gasteiger partial charge >= 0.3 is 0 Å². The van der Waals surface area contributed by atoms with Gasteiger partial charge in [-0.05, 0) is 38.4 Å². The smallest absolute Gasteiger partial charge is 0.0446 e. The Labute approximate surface area is 105 Å². The van der Waals surface area contributed by atoms with E-state index in [1.54, 1.807) is 0 Å². The first-order valence-electron chi connectivity index (χ1n) is 6.65. The molecule has 1 fully saturated rings. The number of benzene rings is 1. The van der Waals surface area contributed by atoms with E-state index in [1.807, 2.05) is 0 Å². The highest BCUT2D eigenvalue weighted by Crippen LogP contribution is 2.20. The zero-order chi connectivity index (χ0) is 12.3. The molecule has 0 bridgehead atoms. The lowest BCUT2D eigenvalue weighted by atomic mass is 10.0. The van der Waals surface area contributed by atoms with Crippen LogP contribution in [0, 0.1) is 12.8 Å². The van der Waals surface area contributed by atoms with Gasteiger partial charge in [0, 0.05) is 19.1 Å². The van der Waals surface area contributed by atoms with E-state index < -0.39 is 0 Å². The van der Waals surface area contributed by atoms with Crippen molar-refractivity contribution in [3.63, 3.8) is 0 Å². The zero-order valence-electron chi connectivity index (χ0n) is 11.2. The minimum atomic E-state index is 0.459. The third-order valence-electron chi connectivity index (χ3n) is 3.78. The van der Waals surface area contributed by atoms with Crippen LogP contribution < -0.4 is 5.32 Å². The SMILES string of the molecule is CNC(CN1CCC(C)C1)c1ccc(C)cc1. The summed E-state index contributed by atoms with van der Waals surface area (Å²) in [6, 6.07) is 9.35. The maximum absolute atomic E-state index is 3.44. The van der Waals surface area contributed by atoms with Crippen LogP contribution in [0.3, 0.4) is 0 Å². The molecule has 0 amide bonds. The van der Waals surface area contributed by atoms with Crippen LogP contribution in [0.2, 0.25) is 0 Å². The van der Waals surface area contributed by atoms with Crippen LogP contribution in [0.4, 0.5) is 0 Å². The molecule has 1 aliphatic rings. The number of likely N-dealkylation sites (tertiary alicyclic amines) is 1. The van der Waals surface area contributed by atoms with E-state index >= 15 is 0 Å². The van der Waals surface area contributed by atoms with Crippen LogP contribution in [0.25, 0.3) is 0 Å². The van der Waals surface area contributed by atoms with Gasteiger partial charge in [-0.25, -0.2) is 0 Å². The number of aryl methyl sites for hydroxylation is 1. The number of nitrogens with zero attached hydrogens (tertiary/aromatic N) is 1. The van der Waals surface area contributed by atoms with Crippen LogP contribution >= 0.6 is 0 Å². The van der Waals surface area contributed by atoms with E-state index in [9.17, 15) is 0 Å². The highest BCUT2D eigenvalue weighted by Gasteiger charge is 2.21. The quantitative estimate of drug-likeness (QED) is 0.858. The van der Waals surface area contributed by atoms with E-state index in [-0.39, 0.29) is 0 Å². The van der Waals surface area contributed by atoms with E-state index in [0.29, 0.717) is 6.04 Å². The van der Waals surface area contributed by atoms with Crippen LogP contribution in [0.5, 0.6) is 0 Å². The summed E-state index contributed by atoms with van der Waals surface area (Å²) in [4.78, 5) is 2.58. The largest absolute Gasteiger partial charge is 0.312 e. The lowest BCUT2D eigenvalue weighted by Gasteiger charge is -2.23. The normalized spacial score (nSPS) is 22.9. The molecule has 17 heavy (non-hydrogen) atoms. The van der Waals surface area contributed by atoms with E-state index in [1.165, 1.54) is 30.6 Å². The molecule has 1 aromatic rings. The van der Waals surface area contributed by atoms with E-state index in [2.05, 4.69) is 55.4 Å². The van der Waals surface area contributed by atoms with Gasteiger partial charge < -0.3 is 10.2 Å². The average molecular weight is 232 g/mol. The molecule has 0 spiro atoms. The second-order valence-electron chi connectivity index (χ2n) is 5.41. The third-order valence-corrected chi connectivity index (χ3v) is 3.78. The van der Waals surface area contributed by atoms with Crippen molar-refractivity contribution in [3.05, 3.63) is 35.4 Å². The fourth-order valence-electron chi connectivity index (χ4n) is 2.61. The van der Waals surface area contributed by atoms with Gasteiger partial charge in [-0.1, -0.05) is 36.8 Å². The highest BCUT2D eigenvalue weighted by molar-refractivity contribution is 5.24. The molecule has 0 aliphatic carbocycles. The van der Waals surface area contributed by atoms with Crippen LogP contribution in [0.15, 0.2) is 24.3 Å². The summed E-state index contributed by atoms with van der Waals surface area (Å²) in [6.45, 7) is 8.12. The van der Waals surface area contributed by atoms with Crippen molar-refractivity contribution in [1.82, 2.24) is 10.2 Å². The molecule has 1 heterocycles. The molecule has 0 aromatic heterocycles. The monoisotopic (exact) mass is 232 g/mol. The van der Waals surface area contributed by atoms with Crippen LogP contribution in [0.1, 0.15) is 30.5 Å². The fourth-order valence-corrected chi connectivity index (χ4v) is 2.61. The van der Waals surface area contributed by atoms with Crippen molar-refractivity contribution in [2.75, 3.05) is 26.7 Å². The van der Waals surface area contributed by atoms with E-state index in [0.717, 1.165) is 12.5 Å². The standard InChI is InChI=1S/C15H24N2/c1-12-4-6-14(7-5-12)15(16-3)11-17-9-8-13(2)10-17/h4-7,13,15-16H,8-11H2,1-3H3. The molecule has 1 aliphatic heterocycles. The summed E-state index contributed by atoms with van der Waals surface area (Å²) in [5.74, 6) is 0.866. The summed E-state index contributed by atoms with van der Waals surface area (Å²) in [7, 11) is 2.06. The predicted octanol–water partition coefficient (Wildman–Crippen LogP) is 2.60. The van der Waals surface area contributed by atoms with Crippen molar-refractivity contribution in [2.45, 2.75) is 26.3 Å². The summed E-state index contributed by atoms with van der Waals surface area (Å²) in [5.41, 5.74) is 2.73. The van der Waals surface area contributed by atoms with Crippen molar-refractivity contribution in [3.8, 4) is 0 Å². The van der Waals surface area contributed by atoms with Crippen molar-refractivity contribution in [2.24, 2.45) is 5.92 Å². The molecular weight excluding hydrogens is 208 g/mol. The molecule has 2 unspecified atom stereocenters. The average Bonchev–Trinajstić information content (AvgIpc) is 2.73. The van der Waals surface area contributed by atoms with Crippen molar-refractivity contribution >= 4 is 0 Å². The number of rotatable bonds is 4. The van der Waals surface area contributed by atoms with Gasteiger partial charge in [-0.3, -0.25) is 0 Å². The highest BCUT2D eigenvalue weighted by atomic mass is 15.2. The number of likely N-dealkylation sites (N-methyl/N-ethyl adjacent to an activating group) is 1. The van der Waals surface area contributed by atoms with Gasteiger partial charge in [0.25, 0.3) is 0 Å². The summed E-state index contributed by atoms with van der Waals surface area (Å²) < 4.78 is 0. The van der Waals surface area contributed by atoms with Crippen LogP contribution in [-0.2, 0) is 0 Å². The Morgan fingerprint density at radius 1 is 1.35 bits per heavy atom. The number of hydrogen-bond acceptors (Lipinski definition) is 2. The zero-order valence-corrected chi connectivity index (χ0v) is 11.2. The number of nitrogens with one attached hydrogen (secondary N) is 1. The van der Waals surface area contributed by atoms with Crippen molar-refractivity contribution in [1.29, 1.82) is 0 Å². The molecule has 1 aromatic carbocycles. The summed E-state index contributed by atoms with van der Waals surface area (Å²) in [6.07, 6.45) is 1.35. The van der Waals surface area contributed by atoms with Crippen LogP contribution in [-0.4, -0.2) is 31.6 Å². The molecular formula is C15H24N2. The summed E-state index contributed by atoms with van der Waals surface area (Å²) in [5, 5.41) is 3.44. The third kappa shape index (κ3) is 3.30. The molecule has 2 atom stereocenters. The molecule has 0 radical (unpaired) electrons. The molecule has 2 rings (SSSR count). The Kier molecular flexibility index (Phi) is 4.19. The topological polar surface area (TPSA) is 15.3 Å². The Morgan fingerprint density at radius 3 is 2.59 bits per heavy atom. The Hall–Kier alpha value is -0.860. The molecule has 94 valence electrons. The van der Waals surface area contributed by atoms with Gasteiger partial charge in [0.2, 0.25) is 0 Å². The summed E-state index contributed by atoms with van der Waals surface area (Å²) >= 11 is 0. The molecule has 2 nitrogen and oxygen atoms in total. The molecule has 1 saturated heterocycles. The first-order valence-corrected chi connectivity index (χ1v) is 6.65. The Bertz CT molecular complexity index is 344. The van der Waals surface area contributed by atoms with Crippen molar-refractivity contribution < 1.29 is 0 Å². The lowest BCUT2D eigenvalue weighted by molar-refractivity contribution is 0.291. The molecule has 2 heteroatoms. The predicted molar refractivity (Wildman–Crippen MR) is 73.2 cm³/mol. The molecule has 1 N–H and O–H groups in total. The van der Waals surface area contributed by atoms with Gasteiger partial charge in [-0.2, -0.15) is 0 Å². The van der Waals surface area contributed by atoms with Gasteiger partial charge in [-0.15, -0.1) is 0 Å². The minimum Gasteiger partial charge on any atom is -0.312 e. The van der Waals surface area contributed by atoms with Gasteiger partial charge in [0.05, 0.1) is 0 Å². The van der Waals surface area contributed by atoms with Gasteiger partial charge in [0.1, 0.15) is 0 Å². The fraction of sp³-hybridized carbons (Fsp3) is 0.600. The Morgan fingerprint density at radius 2 is 2.06 bits per heavy atom. The minimum absolute atomic E-state index is 0.459. The maximum Gasteiger partial charge on any atom is 0.0446 e. The first kappa shape index (κ1) is 12.6. The molecule has 0 saturated carbocycles. The first-order chi connectivity index (χ1) is 8.19. The number of hydrogen-bond donors (Lipinski definition) is 1. The second kappa shape index (κ2) is 5.65. The maximum atomic E-state index is 3.44. The lowest BCUT2D eigenvalue weighted by Crippen LogP contribution is -2.32. The van der Waals surface area contributed by atoms with E-state index in [4.69, 9.17) is 0 Å². The Balaban J connectivity index is 1.98. The van der Waals surface area contributed by atoms with Gasteiger partial charge in [0.15, 0.2) is 0 Å².